The summed E-state index contributed by atoms with van der Waals surface area (Å²) in [7, 11) is 0. The predicted molar refractivity (Wildman–Crippen MR) is 48.8 cm³/mol. The van der Waals surface area contributed by atoms with Crippen molar-refractivity contribution in [2.75, 3.05) is 0 Å². The molecule has 0 heterocycles. The molecule has 1 rings (SSSR count). The van der Waals surface area contributed by atoms with Crippen molar-refractivity contribution < 1.29 is 18.4 Å². The Labute approximate surface area is 84.6 Å². The monoisotopic (exact) mass is 217 g/mol. The maximum Gasteiger partial charge on any atom is 0.308 e. The third kappa shape index (κ3) is 2.39. The molecule has 0 amide bonds. The Kier molecular flexibility index (Phi) is 3.18. The lowest BCUT2D eigenvalue weighted by molar-refractivity contribution is -0.387. The summed E-state index contributed by atoms with van der Waals surface area (Å²) in [6.45, 7) is 3.28. The molecule has 1 aromatic rings. The van der Waals surface area contributed by atoms with Crippen LogP contribution in [-0.4, -0.2) is 11.0 Å². The van der Waals surface area contributed by atoms with Crippen LogP contribution in [0.3, 0.4) is 0 Å². The second-order valence-corrected chi connectivity index (χ2v) is 3.13. The van der Waals surface area contributed by atoms with Crippen LogP contribution in [0, 0.1) is 21.7 Å². The van der Waals surface area contributed by atoms with Crippen molar-refractivity contribution in [3.05, 3.63) is 33.9 Å². The van der Waals surface area contributed by atoms with Crippen LogP contribution in [0.15, 0.2) is 12.1 Å². The number of ether oxygens (including phenoxy) is 1. The summed E-state index contributed by atoms with van der Waals surface area (Å²) < 4.78 is 31.2. The van der Waals surface area contributed by atoms with E-state index in [-0.39, 0.29) is 11.9 Å². The summed E-state index contributed by atoms with van der Waals surface area (Å²) in [4.78, 5) is 9.28. The van der Waals surface area contributed by atoms with Crippen molar-refractivity contribution in [1.82, 2.24) is 0 Å². The van der Waals surface area contributed by atoms with Crippen LogP contribution >= 0.6 is 0 Å². The van der Waals surface area contributed by atoms with Crippen molar-refractivity contribution in [2.24, 2.45) is 0 Å². The smallest absolute Gasteiger partial charge is 0.308 e. The van der Waals surface area contributed by atoms with Gasteiger partial charge < -0.3 is 4.74 Å². The summed E-state index contributed by atoms with van der Waals surface area (Å²) in [6, 6.07) is 1.91. The number of halogens is 2. The average Bonchev–Trinajstić information content (AvgIpc) is 2.12. The van der Waals surface area contributed by atoms with E-state index in [0.717, 1.165) is 12.1 Å². The van der Waals surface area contributed by atoms with E-state index in [1.54, 1.807) is 13.8 Å². The fraction of sp³-hybridized carbons (Fsp3) is 0.333. The Bertz CT molecular complexity index is 393. The van der Waals surface area contributed by atoms with Gasteiger partial charge in [0.2, 0.25) is 11.6 Å². The maximum absolute atomic E-state index is 13.2. The Morgan fingerprint density at radius 3 is 2.40 bits per heavy atom. The highest BCUT2D eigenvalue weighted by Gasteiger charge is 2.22. The van der Waals surface area contributed by atoms with Gasteiger partial charge >= 0.3 is 5.69 Å². The van der Waals surface area contributed by atoms with Crippen molar-refractivity contribution in [3.8, 4) is 5.75 Å². The minimum Gasteiger partial charge on any atom is -0.488 e. The van der Waals surface area contributed by atoms with E-state index in [1.807, 2.05) is 0 Å². The molecule has 0 aromatic heterocycles. The fourth-order valence-corrected chi connectivity index (χ4v) is 1.01. The van der Waals surface area contributed by atoms with Crippen LogP contribution in [0.25, 0.3) is 0 Å². The van der Waals surface area contributed by atoms with Crippen molar-refractivity contribution >= 4 is 5.69 Å². The van der Waals surface area contributed by atoms with E-state index in [1.165, 1.54) is 0 Å². The summed E-state index contributed by atoms with van der Waals surface area (Å²) in [5, 5.41) is 10.3. The Morgan fingerprint density at radius 1 is 1.33 bits per heavy atom. The van der Waals surface area contributed by atoms with Gasteiger partial charge in [0, 0.05) is 6.07 Å². The molecule has 0 aliphatic heterocycles. The molecule has 1 aromatic carbocycles. The second-order valence-electron chi connectivity index (χ2n) is 3.13. The molecule has 0 bridgehead atoms. The molecule has 15 heavy (non-hydrogen) atoms. The summed E-state index contributed by atoms with van der Waals surface area (Å²) in [5.41, 5.74) is -0.899. The summed E-state index contributed by atoms with van der Waals surface area (Å²) in [5.74, 6) is -3.16. The van der Waals surface area contributed by atoms with Crippen LogP contribution in [0.4, 0.5) is 14.5 Å². The number of hydrogen-bond donors (Lipinski definition) is 0. The number of nitrogens with zero attached hydrogens (tertiary/aromatic N) is 1. The molecule has 0 fully saturated rings. The van der Waals surface area contributed by atoms with Gasteiger partial charge in [-0.1, -0.05) is 0 Å². The third-order valence-electron chi connectivity index (χ3n) is 1.59. The summed E-state index contributed by atoms with van der Waals surface area (Å²) >= 11 is 0. The van der Waals surface area contributed by atoms with E-state index < -0.39 is 22.2 Å². The van der Waals surface area contributed by atoms with Gasteiger partial charge in [-0.25, -0.2) is 0 Å². The van der Waals surface area contributed by atoms with E-state index in [4.69, 9.17) is 4.74 Å². The van der Waals surface area contributed by atoms with Gasteiger partial charge in [0.15, 0.2) is 5.75 Å². The molecule has 0 spiro atoms. The first-order valence-corrected chi connectivity index (χ1v) is 4.22. The standard InChI is InChI=1S/C9H9F2NO3/c1-5(2)15-7-4-3-6(12(13)14)8(10)9(7)11/h3-5H,1-2H3. The van der Waals surface area contributed by atoms with Crippen LogP contribution < -0.4 is 4.74 Å². The fourth-order valence-electron chi connectivity index (χ4n) is 1.01. The number of nitro groups is 1. The van der Waals surface area contributed by atoms with Crippen LogP contribution in [-0.2, 0) is 0 Å². The van der Waals surface area contributed by atoms with Gasteiger partial charge in [-0.3, -0.25) is 10.1 Å². The molecule has 0 saturated carbocycles. The molecule has 82 valence electrons. The van der Waals surface area contributed by atoms with Gasteiger partial charge in [-0.2, -0.15) is 8.78 Å². The zero-order chi connectivity index (χ0) is 11.6. The van der Waals surface area contributed by atoms with Gasteiger partial charge in [0.1, 0.15) is 0 Å². The molecular weight excluding hydrogens is 208 g/mol. The van der Waals surface area contributed by atoms with Gasteiger partial charge in [-0.05, 0) is 19.9 Å². The zero-order valence-corrected chi connectivity index (χ0v) is 8.16. The number of rotatable bonds is 3. The average molecular weight is 217 g/mol. The molecule has 0 aliphatic rings. The normalized spacial score (nSPS) is 10.5. The minimum absolute atomic E-state index is 0.326. The van der Waals surface area contributed by atoms with E-state index in [2.05, 4.69) is 0 Å². The Balaban J connectivity index is 3.15. The second kappa shape index (κ2) is 4.20. The Hall–Kier alpha value is -1.72. The molecular formula is C9H9F2NO3. The minimum atomic E-state index is -1.50. The lowest BCUT2D eigenvalue weighted by Gasteiger charge is -2.10. The van der Waals surface area contributed by atoms with Crippen LogP contribution in [0.1, 0.15) is 13.8 Å². The lowest BCUT2D eigenvalue weighted by Crippen LogP contribution is -2.08. The molecule has 0 radical (unpaired) electrons. The molecule has 0 atom stereocenters. The first-order chi connectivity index (χ1) is 6.93. The maximum atomic E-state index is 13.2. The molecule has 6 heteroatoms. The SMILES string of the molecule is CC(C)Oc1ccc([N+](=O)[O-])c(F)c1F. The molecule has 0 N–H and O–H groups in total. The van der Waals surface area contributed by atoms with Crippen LogP contribution in [0.5, 0.6) is 5.75 Å². The van der Waals surface area contributed by atoms with Crippen LogP contribution in [0.2, 0.25) is 0 Å². The first kappa shape index (κ1) is 11.4. The number of hydrogen-bond acceptors (Lipinski definition) is 3. The lowest BCUT2D eigenvalue weighted by atomic mass is 10.2. The van der Waals surface area contributed by atoms with Gasteiger partial charge in [-0.15, -0.1) is 0 Å². The quantitative estimate of drug-likeness (QED) is 0.577. The van der Waals surface area contributed by atoms with E-state index in [9.17, 15) is 18.9 Å². The number of nitro benzene ring substituents is 1. The first-order valence-electron chi connectivity index (χ1n) is 4.22. The topological polar surface area (TPSA) is 52.4 Å². The Morgan fingerprint density at radius 2 is 1.93 bits per heavy atom. The summed E-state index contributed by atoms with van der Waals surface area (Å²) in [6.07, 6.45) is -0.333. The van der Waals surface area contributed by atoms with Gasteiger partial charge in [0.05, 0.1) is 11.0 Å². The third-order valence-corrected chi connectivity index (χ3v) is 1.59. The van der Waals surface area contributed by atoms with Crippen molar-refractivity contribution in [3.63, 3.8) is 0 Å². The zero-order valence-electron chi connectivity index (χ0n) is 8.16. The highest BCUT2D eigenvalue weighted by molar-refractivity contribution is 5.39. The largest absolute Gasteiger partial charge is 0.488 e. The predicted octanol–water partition coefficient (Wildman–Crippen LogP) is 2.66. The molecule has 4 nitrogen and oxygen atoms in total. The van der Waals surface area contributed by atoms with E-state index >= 15 is 0 Å². The molecule has 0 unspecified atom stereocenters. The van der Waals surface area contributed by atoms with Gasteiger partial charge in [0.25, 0.3) is 0 Å². The highest BCUT2D eigenvalue weighted by atomic mass is 19.2. The molecule has 0 aliphatic carbocycles. The molecule has 0 saturated heterocycles. The highest BCUT2D eigenvalue weighted by Crippen LogP contribution is 2.27. The van der Waals surface area contributed by atoms with E-state index in [0.29, 0.717) is 0 Å². The van der Waals surface area contributed by atoms with Crippen molar-refractivity contribution in [1.29, 1.82) is 0 Å². The van der Waals surface area contributed by atoms with Crippen molar-refractivity contribution in [2.45, 2.75) is 20.0 Å². The number of benzene rings is 1.